The number of phenols is 1. The van der Waals surface area contributed by atoms with Gasteiger partial charge in [0.1, 0.15) is 5.75 Å². The molecule has 0 spiro atoms. The number of aromatic hydroxyl groups is 1. The Kier molecular flexibility index (Phi) is 3.54. The minimum absolute atomic E-state index is 0.189. The van der Waals surface area contributed by atoms with E-state index in [1.807, 2.05) is 12.1 Å². The predicted molar refractivity (Wildman–Crippen MR) is 62.2 cm³/mol. The molecule has 2 rings (SSSR count). The van der Waals surface area contributed by atoms with Crippen LogP contribution in [0.4, 0.5) is 0 Å². The largest absolute Gasteiger partial charge is 0.508 e. The third-order valence-electron chi connectivity index (χ3n) is 2.77. The summed E-state index contributed by atoms with van der Waals surface area (Å²) in [5.41, 5.74) is 0. The van der Waals surface area contributed by atoms with Crippen molar-refractivity contribution in [3.05, 3.63) is 24.3 Å². The van der Waals surface area contributed by atoms with Crippen LogP contribution in [-0.2, 0) is 0 Å². The average Bonchev–Trinajstić information content (AvgIpc) is 2.22. The number of phenolic OH excluding ortho intramolecular Hbond substituents is 1. The molecule has 1 aliphatic carbocycles. The van der Waals surface area contributed by atoms with E-state index in [0.29, 0.717) is 11.0 Å². The highest BCUT2D eigenvalue weighted by atomic mass is 32.2. The van der Waals surface area contributed by atoms with Gasteiger partial charge in [0.25, 0.3) is 0 Å². The quantitative estimate of drug-likeness (QED) is 0.811. The number of hydrogen-bond acceptors (Lipinski definition) is 3. The van der Waals surface area contributed by atoms with Crippen LogP contribution in [0.3, 0.4) is 0 Å². The molecule has 0 radical (unpaired) electrons. The van der Waals surface area contributed by atoms with Crippen molar-refractivity contribution in [2.45, 2.75) is 41.9 Å². The van der Waals surface area contributed by atoms with E-state index >= 15 is 0 Å². The van der Waals surface area contributed by atoms with Crippen molar-refractivity contribution >= 4 is 11.8 Å². The molecule has 3 heteroatoms. The molecule has 1 saturated carbocycles. The first-order chi connectivity index (χ1) is 7.25. The van der Waals surface area contributed by atoms with E-state index in [4.69, 9.17) is 0 Å². The lowest BCUT2D eigenvalue weighted by Crippen LogP contribution is -2.26. The van der Waals surface area contributed by atoms with Crippen LogP contribution in [0, 0.1) is 0 Å². The molecule has 0 heterocycles. The molecule has 0 aliphatic heterocycles. The molecule has 0 bridgehead atoms. The summed E-state index contributed by atoms with van der Waals surface area (Å²) in [6.07, 6.45) is 4.13. The second-order valence-corrected chi connectivity index (χ2v) is 5.32. The van der Waals surface area contributed by atoms with Crippen LogP contribution in [0.1, 0.15) is 25.7 Å². The number of hydrogen-bond donors (Lipinski definition) is 2. The topological polar surface area (TPSA) is 40.5 Å². The summed E-state index contributed by atoms with van der Waals surface area (Å²) in [6, 6.07) is 7.24. The fourth-order valence-corrected chi connectivity index (χ4v) is 3.22. The molecule has 2 unspecified atom stereocenters. The second-order valence-electron chi connectivity index (χ2n) is 4.01. The summed E-state index contributed by atoms with van der Waals surface area (Å²) in [4.78, 5) is 1.04. The van der Waals surface area contributed by atoms with Gasteiger partial charge in [0.15, 0.2) is 0 Å². The first-order valence-corrected chi connectivity index (χ1v) is 6.27. The number of benzene rings is 1. The molecule has 1 aromatic carbocycles. The summed E-state index contributed by atoms with van der Waals surface area (Å²) >= 11 is 1.68. The van der Waals surface area contributed by atoms with Gasteiger partial charge in [-0.3, -0.25) is 0 Å². The van der Waals surface area contributed by atoms with E-state index in [1.165, 1.54) is 6.42 Å². The van der Waals surface area contributed by atoms with E-state index in [1.54, 1.807) is 23.9 Å². The van der Waals surface area contributed by atoms with Crippen molar-refractivity contribution in [1.82, 2.24) is 0 Å². The molecule has 1 fully saturated rings. The van der Waals surface area contributed by atoms with Crippen molar-refractivity contribution < 1.29 is 10.2 Å². The van der Waals surface area contributed by atoms with Crippen molar-refractivity contribution in [1.29, 1.82) is 0 Å². The van der Waals surface area contributed by atoms with Crippen LogP contribution in [0.15, 0.2) is 29.2 Å². The van der Waals surface area contributed by atoms with Gasteiger partial charge >= 0.3 is 0 Å². The van der Waals surface area contributed by atoms with Gasteiger partial charge in [-0.2, -0.15) is 0 Å². The summed E-state index contributed by atoms with van der Waals surface area (Å²) < 4.78 is 0. The van der Waals surface area contributed by atoms with Crippen molar-refractivity contribution in [3.8, 4) is 5.75 Å². The van der Waals surface area contributed by atoms with Crippen molar-refractivity contribution in [2.24, 2.45) is 0 Å². The van der Waals surface area contributed by atoms with Crippen molar-refractivity contribution in [2.75, 3.05) is 0 Å². The molecular formula is C12H16O2S. The number of thioether (sulfide) groups is 1. The zero-order valence-electron chi connectivity index (χ0n) is 8.60. The predicted octanol–water partition coefficient (Wildman–Crippen LogP) is 2.79. The van der Waals surface area contributed by atoms with Crippen LogP contribution in [-0.4, -0.2) is 21.6 Å². The Bertz CT molecular complexity index is 327. The SMILES string of the molecule is Oc1cccc(SC2CCCCC2O)c1. The summed E-state index contributed by atoms with van der Waals surface area (Å²) in [6.45, 7) is 0. The third kappa shape index (κ3) is 2.89. The standard InChI is InChI=1S/C12H16O2S/c13-9-4-3-5-10(8-9)15-12-7-2-1-6-11(12)14/h3-5,8,11-14H,1-2,6-7H2. The molecule has 0 saturated heterocycles. The van der Waals surface area contributed by atoms with Gasteiger partial charge in [-0.05, 0) is 31.0 Å². The molecule has 2 N–H and O–H groups in total. The summed E-state index contributed by atoms with van der Waals surface area (Å²) in [7, 11) is 0. The first-order valence-electron chi connectivity index (χ1n) is 5.39. The molecule has 0 aromatic heterocycles. The highest BCUT2D eigenvalue weighted by Crippen LogP contribution is 2.34. The molecule has 2 atom stereocenters. The fourth-order valence-electron chi connectivity index (χ4n) is 1.95. The number of aliphatic hydroxyl groups is 1. The maximum atomic E-state index is 9.82. The lowest BCUT2D eigenvalue weighted by molar-refractivity contribution is 0.137. The van der Waals surface area contributed by atoms with Crippen LogP contribution in [0.5, 0.6) is 5.75 Å². The Morgan fingerprint density at radius 3 is 2.73 bits per heavy atom. The van der Waals surface area contributed by atoms with Gasteiger partial charge in [0, 0.05) is 10.1 Å². The Morgan fingerprint density at radius 2 is 2.00 bits per heavy atom. The highest BCUT2D eigenvalue weighted by molar-refractivity contribution is 8.00. The van der Waals surface area contributed by atoms with E-state index in [-0.39, 0.29) is 6.10 Å². The van der Waals surface area contributed by atoms with Crippen molar-refractivity contribution in [3.63, 3.8) is 0 Å². The second kappa shape index (κ2) is 4.90. The molecule has 1 aromatic rings. The van der Waals surface area contributed by atoms with E-state index in [9.17, 15) is 10.2 Å². The number of rotatable bonds is 2. The zero-order valence-corrected chi connectivity index (χ0v) is 9.41. The van der Waals surface area contributed by atoms with Gasteiger partial charge in [-0.15, -0.1) is 11.8 Å². The molecule has 2 nitrogen and oxygen atoms in total. The Labute approximate surface area is 94.3 Å². The molecule has 15 heavy (non-hydrogen) atoms. The molecular weight excluding hydrogens is 208 g/mol. The smallest absolute Gasteiger partial charge is 0.116 e. The summed E-state index contributed by atoms with van der Waals surface area (Å²) in [5, 5.41) is 19.4. The maximum Gasteiger partial charge on any atom is 0.116 e. The van der Waals surface area contributed by atoms with Gasteiger partial charge in [0.2, 0.25) is 0 Å². The first kappa shape index (κ1) is 10.8. The maximum absolute atomic E-state index is 9.82. The molecule has 1 aliphatic rings. The average molecular weight is 224 g/mol. The minimum Gasteiger partial charge on any atom is -0.508 e. The fraction of sp³-hybridized carbons (Fsp3) is 0.500. The zero-order chi connectivity index (χ0) is 10.7. The lowest BCUT2D eigenvalue weighted by Gasteiger charge is -2.26. The monoisotopic (exact) mass is 224 g/mol. The lowest BCUT2D eigenvalue weighted by atomic mass is 9.97. The Morgan fingerprint density at radius 1 is 1.20 bits per heavy atom. The normalized spacial score (nSPS) is 26.5. The van der Waals surface area contributed by atoms with Gasteiger partial charge in [0.05, 0.1) is 6.10 Å². The minimum atomic E-state index is -0.189. The Hall–Kier alpha value is -0.670. The van der Waals surface area contributed by atoms with E-state index in [0.717, 1.165) is 24.2 Å². The van der Waals surface area contributed by atoms with Crippen LogP contribution >= 0.6 is 11.8 Å². The summed E-state index contributed by atoms with van der Waals surface area (Å²) in [5.74, 6) is 0.297. The van der Waals surface area contributed by atoms with Crippen LogP contribution < -0.4 is 0 Å². The van der Waals surface area contributed by atoms with Gasteiger partial charge in [-0.1, -0.05) is 18.9 Å². The van der Waals surface area contributed by atoms with Crippen LogP contribution in [0.2, 0.25) is 0 Å². The molecule has 82 valence electrons. The van der Waals surface area contributed by atoms with Crippen LogP contribution in [0.25, 0.3) is 0 Å². The third-order valence-corrected chi connectivity index (χ3v) is 4.15. The number of aliphatic hydroxyl groups excluding tert-OH is 1. The van der Waals surface area contributed by atoms with Gasteiger partial charge in [-0.25, -0.2) is 0 Å². The Balaban J connectivity index is 2.01. The van der Waals surface area contributed by atoms with Gasteiger partial charge < -0.3 is 10.2 Å². The van der Waals surface area contributed by atoms with E-state index in [2.05, 4.69) is 0 Å². The highest BCUT2D eigenvalue weighted by Gasteiger charge is 2.23. The van der Waals surface area contributed by atoms with E-state index < -0.39 is 0 Å². The molecule has 0 amide bonds.